The van der Waals surface area contributed by atoms with Gasteiger partial charge >= 0.3 is 0 Å². The van der Waals surface area contributed by atoms with Crippen LogP contribution in [0.3, 0.4) is 0 Å². The molecule has 0 saturated heterocycles. The van der Waals surface area contributed by atoms with E-state index in [1.165, 1.54) is 45.8 Å². The van der Waals surface area contributed by atoms with Crippen LogP contribution in [0.1, 0.15) is 0 Å². The standard InChI is InChI=1S/C14H10N8O6S4/c23-31(24,25)11-5-1-3-9(7-11)21-13(15-17-19-21)29-30-14-16-18-20-22(14)10-4-2-6-12(8-10)32(26,27)28/h1-8H,(H,23,24,25)(H,26,27,28). The van der Waals surface area contributed by atoms with Gasteiger partial charge in [0, 0.05) is 0 Å². The van der Waals surface area contributed by atoms with Gasteiger partial charge in [-0.1, -0.05) is 12.1 Å². The highest BCUT2D eigenvalue weighted by molar-refractivity contribution is 8.76. The van der Waals surface area contributed by atoms with Crippen molar-refractivity contribution in [2.24, 2.45) is 0 Å². The van der Waals surface area contributed by atoms with Gasteiger partial charge in [-0.05, 0) is 78.8 Å². The first-order valence-corrected chi connectivity index (χ1v) is 13.2. The Morgan fingerprint density at radius 1 is 0.688 bits per heavy atom. The van der Waals surface area contributed by atoms with Crippen molar-refractivity contribution in [3.63, 3.8) is 0 Å². The Balaban J connectivity index is 1.60. The lowest BCUT2D eigenvalue weighted by atomic mass is 10.3. The molecule has 2 aromatic carbocycles. The third-order valence-electron chi connectivity index (χ3n) is 3.79. The summed E-state index contributed by atoms with van der Waals surface area (Å²) in [5, 5.41) is 23.0. The van der Waals surface area contributed by atoms with Gasteiger partial charge in [0.25, 0.3) is 20.2 Å². The van der Waals surface area contributed by atoms with Crippen molar-refractivity contribution in [3.8, 4) is 11.4 Å². The van der Waals surface area contributed by atoms with E-state index in [0.717, 1.165) is 21.6 Å². The van der Waals surface area contributed by atoms with Crippen molar-refractivity contribution in [3.05, 3.63) is 48.5 Å². The quantitative estimate of drug-likeness (QED) is 0.261. The summed E-state index contributed by atoms with van der Waals surface area (Å²) in [6.45, 7) is 0. The first-order valence-electron chi connectivity index (χ1n) is 8.20. The molecule has 4 rings (SSSR count). The van der Waals surface area contributed by atoms with Crippen LogP contribution in [0, 0.1) is 0 Å². The molecule has 0 radical (unpaired) electrons. The van der Waals surface area contributed by atoms with E-state index in [-0.39, 0.29) is 31.5 Å². The van der Waals surface area contributed by atoms with Crippen LogP contribution in [0.25, 0.3) is 11.4 Å². The highest BCUT2D eigenvalue weighted by atomic mass is 33.1. The monoisotopic (exact) mass is 514 g/mol. The molecule has 0 unspecified atom stereocenters. The summed E-state index contributed by atoms with van der Waals surface area (Å²) < 4.78 is 66.5. The fraction of sp³-hybridized carbons (Fsp3) is 0. The average Bonchev–Trinajstić information content (AvgIpc) is 3.40. The van der Waals surface area contributed by atoms with Gasteiger partial charge in [0.2, 0.25) is 10.3 Å². The van der Waals surface area contributed by atoms with Crippen molar-refractivity contribution < 1.29 is 25.9 Å². The van der Waals surface area contributed by atoms with E-state index in [1.54, 1.807) is 12.1 Å². The molecule has 0 fully saturated rings. The van der Waals surface area contributed by atoms with Crippen LogP contribution >= 0.6 is 21.6 Å². The minimum atomic E-state index is -4.41. The van der Waals surface area contributed by atoms with Gasteiger partial charge in [-0.2, -0.15) is 26.2 Å². The van der Waals surface area contributed by atoms with Crippen molar-refractivity contribution in [2.75, 3.05) is 0 Å². The fourth-order valence-corrected chi connectivity index (χ4v) is 5.24. The van der Waals surface area contributed by atoms with Gasteiger partial charge in [0.1, 0.15) is 0 Å². The summed E-state index contributed by atoms with van der Waals surface area (Å²) in [6.07, 6.45) is 0. The summed E-state index contributed by atoms with van der Waals surface area (Å²) in [7, 11) is -6.75. The topological polar surface area (TPSA) is 196 Å². The SMILES string of the molecule is O=S(=O)(O)c1cccc(-n2nnnc2SSc2nnnn2-c2cccc(S(=O)(=O)O)c2)c1. The molecule has 0 saturated carbocycles. The second-order valence-electron chi connectivity index (χ2n) is 5.86. The molecule has 14 nitrogen and oxygen atoms in total. The summed E-state index contributed by atoms with van der Waals surface area (Å²) in [5.74, 6) is 0. The molecule has 2 aromatic heterocycles. The van der Waals surface area contributed by atoms with E-state index in [4.69, 9.17) is 0 Å². The number of aromatic nitrogens is 8. The third kappa shape index (κ3) is 4.79. The molecule has 0 amide bonds. The van der Waals surface area contributed by atoms with Gasteiger partial charge in [0.05, 0.1) is 21.2 Å². The smallest absolute Gasteiger partial charge is 0.282 e. The zero-order valence-electron chi connectivity index (χ0n) is 15.4. The molecular weight excluding hydrogens is 504 g/mol. The lowest BCUT2D eigenvalue weighted by molar-refractivity contribution is 0.481. The Labute approximate surface area is 187 Å². The Kier molecular flexibility index (Phi) is 5.97. The van der Waals surface area contributed by atoms with E-state index < -0.39 is 20.2 Å². The second kappa shape index (κ2) is 8.56. The molecule has 2 heterocycles. The first kappa shape index (κ1) is 22.3. The van der Waals surface area contributed by atoms with E-state index in [0.29, 0.717) is 0 Å². The first-order chi connectivity index (χ1) is 15.1. The molecule has 0 bridgehead atoms. The van der Waals surface area contributed by atoms with Crippen LogP contribution in [-0.2, 0) is 20.2 Å². The molecule has 0 spiro atoms. The fourth-order valence-electron chi connectivity index (χ4n) is 2.41. The normalized spacial score (nSPS) is 12.2. The second-order valence-corrected chi connectivity index (χ2v) is 10.8. The van der Waals surface area contributed by atoms with Gasteiger partial charge in [0.15, 0.2) is 0 Å². The maximum absolute atomic E-state index is 11.4. The zero-order valence-corrected chi connectivity index (χ0v) is 18.6. The van der Waals surface area contributed by atoms with Crippen LogP contribution in [0.4, 0.5) is 0 Å². The largest absolute Gasteiger partial charge is 0.294 e. The molecule has 166 valence electrons. The predicted octanol–water partition coefficient (Wildman–Crippen LogP) is 0.931. The van der Waals surface area contributed by atoms with Gasteiger partial charge in [-0.15, -0.1) is 10.2 Å². The van der Waals surface area contributed by atoms with Gasteiger partial charge < -0.3 is 0 Å². The van der Waals surface area contributed by atoms with Crippen LogP contribution in [0.15, 0.2) is 68.6 Å². The number of hydrogen-bond acceptors (Lipinski definition) is 12. The van der Waals surface area contributed by atoms with Gasteiger partial charge in [-0.3, -0.25) is 9.11 Å². The predicted molar refractivity (Wildman–Crippen MR) is 110 cm³/mol. The van der Waals surface area contributed by atoms with E-state index in [1.807, 2.05) is 0 Å². The Morgan fingerprint density at radius 2 is 1.09 bits per heavy atom. The summed E-state index contributed by atoms with van der Waals surface area (Å²) >= 11 is 0. The van der Waals surface area contributed by atoms with E-state index >= 15 is 0 Å². The maximum Gasteiger partial charge on any atom is 0.294 e. The average molecular weight is 515 g/mol. The number of rotatable bonds is 7. The van der Waals surface area contributed by atoms with Crippen LogP contribution in [0.5, 0.6) is 0 Å². The van der Waals surface area contributed by atoms with Crippen LogP contribution < -0.4 is 0 Å². The van der Waals surface area contributed by atoms with Crippen LogP contribution in [-0.4, -0.2) is 66.4 Å². The Bertz CT molecular complexity index is 1390. The highest BCUT2D eigenvalue weighted by Crippen LogP contribution is 2.36. The Hall–Kier alpha value is -2.90. The summed E-state index contributed by atoms with van der Waals surface area (Å²) in [4.78, 5) is -0.645. The molecule has 4 aromatic rings. The molecule has 0 atom stereocenters. The van der Waals surface area contributed by atoms with Crippen molar-refractivity contribution in [1.29, 1.82) is 0 Å². The molecule has 0 aliphatic rings. The summed E-state index contributed by atoms with van der Waals surface area (Å²) in [5.41, 5.74) is 0.572. The number of nitrogens with zero attached hydrogens (tertiary/aromatic N) is 8. The highest BCUT2D eigenvalue weighted by Gasteiger charge is 2.18. The van der Waals surface area contributed by atoms with Crippen molar-refractivity contribution >= 4 is 41.8 Å². The Morgan fingerprint density at radius 3 is 1.47 bits per heavy atom. The number of benzene rings is 2. The maximum atomic E-state index is 11.4. The molecule has 32 heavy (non-hydrogen) atoms. The molecule has 18 heteroatoms. The lowest BCUT2D eigenvalue weighted by Gasteiger charge is -2.06. The number of tetrazole rings is 2. The minimum Gasteiger partial charge on any atom is -0.282 e. The zero-order chi connectivity index (χ0) is 22.9. The lowest BCUT2D eigenvalue weighted by Crippen LogP contribution is -2.03. The molecule has 2 N–H and O–H groups in total. The van der Waals surface area contributed by atoms with E-state index in [9.17, 15) is 25.9 Å². The van der Waals surface area contributed by atoms with Crippen molar-refractivity contribution in [1.82, 2.24) is 40.4 Å². The van der Waals surface area contributed by atoms with Crippen molar-refractivity contribution in [2.45, 2.75) is 20.1 Å². The van der Waals surface area contributed by atoms with E-state index in [2.05, 4.69) is 31.1 Å². The molecule has 0 aliphatic heterocycles. The number of hydrogen-bond donors (Lipinski definition) is 2. The molecular formula is C14H10N8O6S4. The summed E-state index contributed by atoms with van der Waals surface area (Å²) in [6, 6.07) is 10.8. The van der Waals surface area contributed by atoms with Crippen LogP contribution in [0.2, 0.25) is 0 Å². The van der Waals surface area contributed by atoms with Gasteiger partial charge in [-0.25, -0.2) is 0 Å². The molecule has 0 aliphatic carbocycles. The minimum absolute atomic E-state index is 0.240. The third-order valence-corrected chi connectivity index (χ3v) is 7.53.